The van der Waals surface area contributed by atoms with Crippen LogP contribution in [-0.2, 0) is 11.5 Å². The lowest BCUT2D eigenvalue weighted by Crippen LogP contribution is -2.27. The first-order valence-corrected chi connectivity index (χ1v) is 12.5. The fourth-order valence-corrected chi connectivity index (χ4v) is 3.43. The minimum atomic E-state index is -1.26. The van der Waals surface area contributed by atoms with Crippen molar-refractivity contribution in [2.75, 3.05) is 12.9 Å². The third-order valence-electron chi connectivity index (χ3n) is 3.33. The maximum atomic E-state index is 14.0. The Bertz CT molecular complexity index is 826. The molecule has 2 rings (SSSR count). The highest BCUT2D eigenvalue weighted by atomic mass is 35.5. The molecule has 0 radical (unpaired) electrons. The topological polar surface area (TPSA) is 57.0 Å². The predicted molar refractivity (Wildman–Crippen MR) is 94.6 cm³/mol. The molecule has 0 fully saturated rings. The molecule has 2 heterocycles. The normalized spacial score (nSPS) is 12.1. The molecule has 5 nitrogen and oxygen atoms in total. The van der Waals surface area contributed by atoms with Gasteiger partial charge >= 0.3 is 0 Å². The maximum absolute atomic E-state index is 14.0. The van der Waals surface area contributed by atoms with E-state index in [1.807, 2.05) is 0 Å². The number of rotatable bonds is 6. The van der Waals surface area contributed by atoms with E-state index in [-0.39, 0.29) is 11.9 Å². The van der Waals surface area contributed by atoms with Gasteiger partial charge in [0, 0.05) is 14.7 Å². The van der Waals surface area contributed by atoms with Crippen molar-refractivity contribution in [1.29, 1.82) is 0 Å². The van der Waals surface area contributed by atoms with Gasteiger partial charge in [-0.05, 0) is 12.3 Å². The van der Waals surface area contributed by atoms with E-state index in [9.17, 15) is 13.6 Å². The number of thioether (sulfide) groups is 1. The number of hydrogen-bond donors (Lipinski definition) is 0. The largest absolute Gasteiger partial charge is 0.361 e. The zero-order valence-electron chi connectivity index (χ0n) is 13.8. The van der Waals surface area contributed by atoms with Crippen molar-refractivity contribution in [2.45, 2.75) is 37.6 Å². The van der Waals surface area contributed by atoms with Crippen LogP contribution in [0.25, 0.3) is 10.9 Å². The van der Waals surface area contributed by atoms with E-state index in [4.69, 9.17) is 16.3 Å². The molecule has 0 atom stereocenters. The van der Waals surface area contributed by atoms with Gasteiger partial charge < -0.3 is 4.74 Å². The number of ether oxygens (including phenoxy) is 1. The van der Waals surface area contributed by atoms with Crippen molar-refractivity contribution in [1.82, 2.24) is 14.5 Å². The van der Waals surface area contributed by atoms with Gasteiger partial charge in [-0.2, -0.15) is 4.39 Å². The van der Waals surface area contributed by atoms with Crippen molar-refractivity contribution in [2.24, 2.45) is 0 Å². The van der Waals surface area contributed by atoms with Gasteiger partial charge in [0.2, 0.25) is 5.95 Å². The molecule has 24 heavy (non-hydrogen) atoms. The third-order valence-corrected chi connectivity index (χ3v) is 5.96. The Balaban J connectivity index is 2.43. The van der Waals surface area contributed by atoms with Crippen LogP contribution in [0, 0.1) is 11.8 Å². The summed E-state index contributed by atoms with van der Waals surface area (Å²) in [6, 6.07) is 0.928. The Labute approximate surface area is 148 Å². The van der Waals surface area contributed by atoms with Crippen LogP contribution < -0.4 is 5.56 Å². The van der Waals surface area contributed by atoms with Gasteiger partial charge in [0.05, 0.1) is 0 Å². The molecule has 2 aromatic rings. The predicted octanol–water partition coefficient (Wildman–Crippen LogP) is 3.76. The average Bonchev–Trinajstić information content (AvgIpc) is 2.48. The molecule has 132 valence electrons. The summed E-state index contributed by atoms with van der Waals surface area (Å²) in [5, 5.41) is -0.951. The lowest BCUT2D eigenvalue weighted by Gasteiger charge is -2.17. The van der Waals surface area contributed by atoms with Crippen molar-refractivity contribution >= 4 is 42.3 Å². The highest BCUT2D eigenvalue weighted by Gasteiger charge is 2.21. The highest BCUT2D eigenvalue weighted by Crippen LogP contribution is 2.23. The summed E-state index contributed by atoms with van der Waals surface area (Å²) in [5.41, 5.74) is -1.15. The first-order chi connectivity index (χ1) is 11.2. The molecule has 0 saturated carbocycles. The van der Waals surface area contributed by atoms with E-state index >= 15 is 0 Å². The zero-order chi connectivity index (χ0) is 18.1. The van der Waals surface area contributed by atoms with Crippen molar-refractivity contribution < 1.29 is 13.5 Å². The molecule has 0 saturated heterocycles. The van der Waals surface area contributed by atoms with Gasteiger partial charge in [-0.15, -0.1) is 0 Å². The number of halogens is 3. The Morgan fingerprint density at radius 3 is 2.54 bits per heavy atom. The summed E-state index contributed by atoms with van der Waals surface area (Å²) in [6.07, 6.45) is 1.68. The molecule has 0 N–H and O–H groups in total. The van der Waals surface area contributed by atoms with E-state index in [2.05, 4.69) is 29.6 Å². The summed E-state index contributed by atoms with van der Waals surface area (Å²) in [4.78, 5) is 19.8. The minimum absolute atomic E-state index is 0.0773. The molecule has 10 heteroatoms. The zero-order valence-corrected chi connectivity index (χ0v) is 16.4. The van der Waals surface area contributed by atoms with E-state index < -0.39 is 41.5 Å². The second kappa shape index (κ2) is 7.47. The average molecular weight is 394 g/mol. The molecule has 0 aliphatic heterocycles. The Kier molecular flexibility index (Phi) is 6.00. The number of fused-ring (bicyclic) bond motifs is 1. The summed E-state index contributed by atoms with van der Waals surface area (Å²) in [6.45, 7) is 7.04. The molecule has 0 aromatic carbocycles. The molecule has 0 spiro atoms. The van der Waals surface area contributed by atoms with Crippen molar-refractivity contribution in [3.05, 3.63) is 27.3 Å². The van der Waals surface area contributed by atoms with Gasteiger partial charge in [-0.3, -0.25) is 9.36 Å². The summed E-state index contributed by atoms with van der Waals surface area (Å²) in [5.74, 6) is -2.15. The first-order valence-electron chi connectivity index (χ1n) is 7.22. The lowest BCUT2D eigenvalue weighted by atomic mass is 10.3. The molecule has 0 aliphatic carbocycles. The summed E-state index contributed by atoms with van der Waals surface area (Å²) < 4.78 is 34.7. The molecule has 0 aliphatic rings. The van der Waals surface area contributed by atoms with Gasteiger partial charge in [-0.25, -0.2) is 14.4 Å². The van der Waals surface area contributed by atoms with Crippen LogP contribution in [0.2, 0.25) is 30.8 Å². The number of pyridine rings is 1. The van der Waals surface area contributed by atoms with Gasteiger partial charge in [0.15, 0.2) is 16.1 Å². The minimum Gasteiger partial charge on any atom is -0.361 e. The molecule has 0 unspecified atom stereocenters. The van der Waals surface area contributed by atoms with Crippen LogP contribution in [0.5, 0.6) is 0 Å². The standard InChI is InChI=1S/C14H18ClF2N3O2SSi/c1-23-14-18-10-8(12(17)19-11(15)9(10)16)13(21)20(14)7-22-5-6-24(2,3)4/h5-7H2,1-4H3. The molecular formula is C14H18ClF2N3O2SSi. The fourth-order valence-electron chi connectivity index (χ4n) is 1.97. The van der Waals surface area contributed by atoms with Crippen LogP contribution in [0.15, 0.2) is 9.95 Å². The molecule has 0 amide bonds. The van der Waals surface area contributed by atoms with E-state index in [0.717, 1.165) is 17.8 Å². The van der Waals surface area contributed by atoms with Crippen LogP contribution in [0.3, 0.4) is 0 Å². The van der Waals surface area contributed by atoms with Crippen LogP contribution in [0.1, 0.15) is 0 Å². The Hall–Kier alpha value is -1.03. The van der Waals surface area contributed by atoms with Crippen molar-refractivity contribution in [3.63, 3.8) is 0 Å². The van der Waals surface area contributed by atoms with E-state index in [1.54, 1.807) is 6.26 Å². The SMILES string of the molecule is CSc1nc2c(F)c(Cl)nc(F)c2c(=O)n1COCC[Si](C)(C)C. The Morgan fingerprint density at radius 2 is 1.96 bits per heavy atom. The van der Waals surface area contributed by atoms with Crippen molar-refractivity contribution in [3.8, 4) is 0 Å². The quantitative estimate of drug-likeness (QED) is 0.246. The van der Waals surface area contributed by atoms with Crippen LogP contribution >= 0.6 is 23.4 Å². The second-order valence-electron chi connectivity index (χ2n) is 6.41. The second-order valence-corrected chi connectivity index (χ2v) is 13.2. The van der Waals surface area contributed by atoms with Gasteiger partial charge in [0.25, 0.3) is 5.56 Å². The monoisotopic (exact) mass is 393 g/mol. The van der Waals surface area contributed by atoms with Crippen LogP contribution in [0.4, 0.5) is 8.78 Å². The summed E-state index contributed by atoms with van der Waals surface area (Å²) >= 11 is 6.66. The van der Waals surface area contributed by atoms with E-state index in [1.165, 1.54) is 4.57 Å². The summed E-state index contributed by atoms with van der Waals surface area (Å²) in [7, 11) is -1.26. The number of aromatic nitrogens is 3. The molecular weight excluding hydrogens is 376 g/mol. The van der Waals surface area contributed by atoms with Gasteiger partial charge in [-0.1, -0.05) is 43.0 Å². The highest BCUT2D eigenvalue weighted by molar-refractivity contribution is 7.98. The molecule has 0 bridgehead atoms. The molecule has 2 aromatic heterocycles. The number of hydrogen-bond acceptors (Lipinski definition) is 5. The third kappa shape index (κ3) is 4.13. The maximum Gasteiger partial charge on any atom is 0.268 e. The fraction of sp³-hybridized carbons (Fsp3) is 0.500. The first kappa shape index (κ1) is 19.3. The Morgan fingerprint density at radius 1 is 1.29 bits per heavy atom. The number of nitrogens with zero attached hydrogens (tertiary/aromatic N) is 3. The van der Waals surface area contributed by atoms with Gasteiger partial charge in [0.1, 0.15) is 17.6 Å². The smallest absolute Gasteiger partial charge is 0.268 e. The lowest BCUT2D eigenvalue weighted by molar-refractivity contribution is 0.0779. The van der Waals surface area contributed by atoms with Crippen LogP contribution in [-0.4, -0.2) is 35.5 Å². The van der Waals surface area contributed by atoms with E-state index in [0.29, 0.717) is 6.61 Å².